The smallest absolute Gasteiger partial charge is 0.242 e. The van der Waals surface area contributed by atoms with E-state index in [1.807, 2.05) is 4.90 Å². The van der Waals surface area contributed by atoms with E-state index in [1.165, 1.54) is 0 Å². The van der Waals surface area contributed by atoms with Crippen molar-refractivity contribution in [1.29, 1.82) is 0 Å². The molecule has 0 saturated carbocycles. The van der Waals surface area contributed by atoms with Gasteiger partial charge in [0, 0.05) is 6.54 Å². The lowest BCUT2D eigenvalue weighted by molar-refractivity contribution is -0.134. The van der Waals surface area contributed by atoms with Gasteiger partial charge >= 0.3 is 0 Å². The Kier molecular flexibility index (Phi) is 2.84. The molecule has 2 atom stereocenters. The molecule has 1 aliphatic carbocycles. The van der Waals surface area contributed by atoms with E-state index in [9.17, 15) is 4.79 Å². The zero-order valence-electron chi connectivity index (χ0n) is 8.40. The van der Waals surface area contributed by atoms with Gasteiger partial charge in [0.15, 0.2) is 0 Å². The SMILES string of the molecule is CNC1COCCN(C2C=CC2)C1=O. The van der Waals surface area contributed by atoms with Crippen LogP contribution in [0.3, 0.4) is 0 Å². The van der Waals surface area contributed by atoms with Crippen molar-refractivity contribution in [3.8, 4) is 0 Å². The van der Waals surface area contributed by atoms with Crippen molar-refractivity contribution >= 4 is 5.91 Å². The predicted molar refractivity (Wildman–Crippen MR) is 52.9 cm³/mol. The van der Waals surface area contributed by atoms with Crippen LogP contribution < -0.4 is 5.32 Å². The Morgan fingerprint density at radius 1 is 1.64 bits per heavy atom. The second kappa shape index (κ2) is 4.11. The van der Waals surface area contributed by atoms with Gasteiger partial charge in [0.25, 0.3) is 0 Å². The molecule has 2 rings (SSSR count). The Morgan fingerprint density at radius 3 is 3.00 bits per heavy atom. The van der Waals surface area contributed by atoms with Crippen molar-refractivity contribution in [3.63, 3.8) is 0 Å². The number of amides is 1. The summed E-state index contributed by atoms with van der Waals surface area (Å²) in [6, 6.07) is 0.131. The van der Waals surface area contributed by atoms with Gasteiger partial charge in [0.1, 0.15) is 6.04 Å². The van der Waals surface area contributed by atoms with Crippen molar-refractivity contribution in [2.75, 3.05) is 26.8 Å². The first-order valence-corrected chi connectivity index (χ1v) is 5.05. The van der Waals surface area contributed by atoms with Gasteiger partial charge in [0.2, 0.25) is 5.91 Å². The minimum atomic E-state index is -0.175. The van der Waals surface area contributed by atoms with Crippen LogP contribution in [0.4, 0.5) is 0 Å². The van der Waals surface area contributed by atoms with E-state index in [-0.39, 0.29) is 11.9 Å². The molecule has 1 fully saturated rings. The third-order valence-electron chi connectivity index (χ3n) is 2.83. The van der Waals surface area contributed by atoms with Gasteiger partial charge < -0.3 is 15.0 Å². The average molecular weight is 196 g/mol. The van der Waals surface area contributed by atoms with Crippen molar-refractivity contribution in [1.82, 2.24) is 10.2 Å². The fraction of sp³-hybridized carbons (Fsp3) is 0.700. The Labute approximate surface area is 83.9 Å². The van der Waals surface area contributed by atoms with Crippen molar-refractivity contribution in [3.05, 3.63) is 12.2 Å². The van der Waals surface area contributed by atoms with E-state index < -0.39 is 0 Å². The Bertz CT molecular complexity index is 253. The summed E-state index contributed by atoms with van der Waals surface area (Å²) in [4.78, 5) is 13.9. The van der Waals surface area contributed by atoms with Gasteiger partial charge in [-0.25, -0.2) is 0 Å². The summed E-state index contributed by atoms with van der Waals surface area (Å²) in [5.74, 6) is 0.166. The summed E-state index contributed by atoms with van der Waals surface area (Å²) >= 11 is 0. The van der Waals surface area contributed by atoms with Gasteiger partial charge in [-0.3, -0.25) is 4.79 Å². The minimum Gasteiger partial charge on any atom is -0.377 e. The molecule has 14 heavy (non-hydrogen) atoms. The van der Waals surface area contributed by atoms with Gasteiger partial charge in [-0.1, -0.05) is 12.2 Å². The maximum atomic E-state index is 12.0. The molecule has 4 nitrogen and oxygen atoms in total. The maximum absolute atomic E-state index is 12.0. The summed E-state index contributed by atoms with van der Waals surface area (Å²) in [5.41, 5.74) is 0. The molecular weight excluding hydrogens is 180 g/mol. The van der Waals surface area contributed by atoms with E-state index in [4.69, 9.17) is 4.74 Å². The topological polar surface area (TPSA) is 41.6 Å². The summed E-state index contributed by atoms with van der Waals surface area (Å²) in [7, 11) is 1.80. The van der Waals surface area contributed by atoms with Crippen LogP contribution in [0.25, 0.3) is 0 Å². The van der Waals surface area contributed by atoms with Crippen LogP contribution in [-0.2, 0) is 9.53 Å². The highest BCUT2D eigenvalue weighted by Gasteiger charge is 2.31. The van der Waals surface area contributed by atoms with Crippen LogP contribution in [0.1, 0.15) is 6.42 Å². The second-order valence-electron chi connectivity index (χ2n) is 3.68. The van der Waals surface area contributed by atoms with Crippen LogP contribution in [0.2, 0.25) is 0 Å². The molecule has 2 aliphatic rings. The molecule has 0 radical (unpaired) electrons. The molecular formula is C10H16N2O2. The molecule has 1 aliphatic heterocycles. The normalized spacial score (nSPS) is 32.6. The zero-order chi connectivity index (χ0) is 9.97. The lowest BCUT2D eigenvalue weighted by Crippen LogP contribution is -2.50. The molecule has 2 unspecified atom stereocenters. The Morgan fingerprint density at radius 2 is 2.43 bits per heavy atom. The van der Waals surface area contributed by atoms with Gasteiger partial charge in [-0.05, 0) is 13.5 Å². The van der Waals surface area contributed by atoms with Crippen molar-refractivity contribution < 1.29 is 9.53 Å². The largest absolute Gasteiger partial charge is 0.377 e. The molecule has 0 aromatic carbocycles. The van der Waals surface area contributed by atoms with Crippen molar-refractivity contribution in [2.24, 2.45) is 0 Å². The van der Waals surface area contributed by atoms with E-state index in [0.717, 1.165) is 6.42 Å². The van der Waals surface area contributed by atoms with Crippen molar-refractivity contribution in [2.45, 2.75) is 18.5 Å². The van der Waals surface area contributed by atoms with E-state index in [2.05, 4.69) is 17.5 Å². The summed E-state index contributed by atoms with van der Waals surface area (Å²) < 4.78 is 5.37. The number of ether oxygens (including phenoxy) is 1. The summed E-state index contributed by atoms with van der Waals surface area (Å²) in [5, 5.41) is 2.99. The highest BCUT2D eigenvalue weighted by Crippen LogP contribution is 2.18. The molecule has 1 saturated heterocycles. The first-order valence-electron chi connectivity index (χ1n) is 5.05. The van der Waals surface area contributed by atoms with E-state index in [0.29, 0.717) is 25.8 Å². The number of carbonyl (C=O) groups is 1. The first-order chi connectivity index (χ1) is 6.83. The number of carbonyl (C=O) groups excluding carboxylic acids is 1. The van der Waals surface area contributed by atoms with Gasteiger partial charge in [0.05, 0.1) is 19.3 Å². The van der Waals surface area contributed by atoms with Crippen LogP contribution >= 0.6 is 0 Å². The molecule has 0 aromatic rings. The number of rotatable bonds is 2. The number of nitrogens with one attached hydrogen (secondary N) is 1. The quantitative estimate of drug-likeness (QED) is 0.620. The number of hydrogen-bond donors (Lipinski definition) is 1. The van der Waals surface area contributed by atoms with E-state index >= 15 is 0 Å². The molecule has 1 heterocycles. The van der Waals surface area contributed by atoms with Crippen LogP contribution in [0.5, 0.6) is 0 Å². The maximum Gasteiger partial charge on any atom is 0.242 e. The molecule has 0 bridgehead atoms. The van der Waals surface area contributed by atoms with Gasteiger partial charge in [-0.2, -0.15) is 0 Å². The summed E-state index contributed by atoms with van der Waals surface area (Å²) in [6.07, 6.45) is 5.16. The third-order valence-corrected chi connectivity index (χ3v) is 2.83. The molecule has 1 N–H and O–H groups in total. The predicted octanol–water partition coefficient (Wildman–Crippen LogP) is -0.238. The van der Waals surface area contributed by atoms with Crippen LogP contribution in [-0.4, -0.2) is 49.7 Å². The van der Waals surface area contributed by atoms with Gasteiger partial charge in [-0.15, -0.1) is 0 Å². The monoisotopic (exact) mass is 196 g/mol. The highest BCUT2D eigenvalue weighted by atomic mass is 16.5. The zero-order valence-corrected chi connectivity index (χ0v) is 8.40. The molecule has 78 valence electrons. The molecule has 1 amide bonds. The second-order valence-corrected chi connectivity index (χ2v) is 3.68. The number of nitrogens with zero attached hydrogens (tertiary/aromatic N) is 1. The Hall–Kier alpha value is -0.870. The lowest BCUT2D eigenvalue weighted by atomic mass is 10.0. The highest BCUT2D eigenvalue weighted by molar-refractivity contribution is 5.83. The number of likely N-dealkylation sites (N-methyl/N-ethyl adjacent to an activating group) is 1. The molecule has 0 spiro atoms. The minimum absolute atomic E-state index is 0.166. The lowest BCUT2D eigenvalue weighted by Gasteiger charge is -2.33. The summed E-state index contributed by atoms with van der Waals surface area (Å²) in [6.45, 7) is 1.85. The fourth-order valence-electron chi connectivity index (χ4n) is 1.77. The fourth-order valence-corrected chi connectivity index (χ4v) is 1.77. The van der Waals surface area contributed by atoms with Crippen LogP contribution in [0.15, 0.2) is 12.2 Å². The first kappa shape index (κ1) is 9.68. The average Bonchev–Trinajstić information content (AvgIpc) is 2.27. The van der Waals surface area contributed by atoms with Crippen LogP contribution in [0, 0.1) is 0 Å². The van der Waals surface area contributed by atoms with E-state index in [1.54, 1.807) is 7.05 Å². The molecule has 0 aromatic heterocycles. The third kappa shape index (κ3) is 1.67. The molecule has 4 heteroatoms. The number of hydrogen-bond acceptors (Lipinski definition) is 3. The standard InChI is InChI=1S/C10H16N2O2/c1-11-9-7-14-6-5-12(10(9)13)8-3-2-4-8/h2-3,8-9,11H,4-7H2,1H3. The Balaban J connectivity index is 2.06.